The van der Waals surface area contributed by atoms with Gasteiger partial charge in [-0.2, -0.15) is 4.31 Å². The second kappa shape index (κ2) is 10.1. The summed E-state index contributed by atoms with van der Waals surface area (Å²) in [5.41, 5.74) is 0.0626. The molecule has 11 heteroatoms. The minimum atomic E-state index is -3.76. The zero-order valence-electron chi connectivity index (χ0n) is 19.5. The number of benzene rings is 2. The molecular weight excluding hydrogens is 486 g/mol. The van der Waals surface area contributed by atoms with Gasteiger partial charge in [-0.25, -0.2) is 18.0 Å². The number of aromatic hydroxyl groups is 1. The number of nitrogens with zero attached hydrogens (tertiary/aromatic N) is 5. The predicted octanol–water partition coefficient (Wildman–Crippen LogP) is 3.89. The average Bonchev–Trinajstić information content (AvgIpc) is 3.33. The highest BCUT2D eigenvalue weighted by Gasteiger charge is 2.23. The maximum absolute atomic E-state index is 13.4. The van der Waals surface area contributed by atoms with Crippen LogP contribution in [0.25, 0.3) is 16.5 Å². The van der Waals surface area contributed by atoms with Crippen molar-refractivity contribution in [2.45, 2.75) is 32.1 Å². The Bertz CT molecular complexity index is 1570. The third kappa shape index (κ3) is 4.62. The van der Waals surface area contributed by atoms with Crippen LogP contribution >= 0.6 is 11.3 Å². The molecule has 0 unspecified atom stereocenters. The summed E-state index contributed by atoms with van der Waals surface area (Å²) in [6.07, 6.45) is 2.18. The molecule has 4 rings (SSSR count). The number of hydrogen-bond acceptors (Lipinski definition) is 8. The highest BCUT2D eigenvalue weighted by atomic mass is 32.2. The lowest BCUT2D eigenvalue weighted by atomic mass is 10.1. The summed E-state index contributed by atoms with van der Waals surface area (Å²) in [7, 11) is -3.76. The number of aliphatic imine (C=N–C) groups is 1. The van der Waals surface area contributed by atoms with Crippen molar-refractivity contribution in [1.82, 2.24) is 19.1 Å². The molecule has 0 aliphatic carbocycles. The molecule has 0 amide bonds. The highest BCUT2D eigenvalue weighted by molar-refractivity contribution is 7.89. The first-order valence-corrected chi connectivity index (χ1v) is 13.4. The van der Waals surface area contributed by atoms with Crippen molar-refractivity contribution >= 4 is 43.5 Å². The molecule has 182 valence electrons. The lowest BCUT2D eigenvalue weighted by Crippen LogP contribution is -2.30. The molecule has 0 aliphatic heterocycles. The van der Waals surface area contributed by atoms with Crippen molar-refractivity contribution < 1.29 is 13.5 Å². The van der Waals surface area contributed by atoms with E-state index in [1.165, 1.54) is 34.0 Å². The minimum Gasteiger partial charge on any atom is -0.494 e. The maximum atomic E-state index is 13.4. The van der Waals surface area contributed by atoms with Gasteiger partial charge in [-0.15, -0.1) is 10.2 Å². The fourth-order valence-corrected chi connectivity index (χ4v) is 5.91. The Hall–Kier alpha value is -3.41. The second-order valence-corrected chi connectivity index (χ2v) is 10.6. The standard InChI is InChI=1S/C24H25N5O4S2/c1-4-21-26-27-24(34-21)25-15-20-18-12-7-8-13-19(18)22(30)29(23(20)31)16-10-9-11-17(14-16)35(32,33)28(5-2)6-3/h7-15,31H,4-6H2,1-3H3. The number of sulfonamides is 1. The molecule has 0 aliphatic rings. The first-order valence-electron chi connectivity index (χ1n) is 11.2. The van der Waals surface area contributed by atoms with Crippen LogP contribution in [0.1, 0.15) is 31.3 Å². The Labute approximate surface area is 207 Å². The van der Waals surface area contributed by atoms with E-state index in [1.54, 1.807) is 50.2 Å². The number of aromatic nitrogens is 3. The number of pyridine rings is 1. The van der Waals surface area contributed by atoms with Gasteiger partial charge in [0.25, 0.3) is 5.56 Å². The van der Waals surface area contributed by atoms with Gasteiger partial charge in [-0.05, 0) is 30.7 Å². The summed E-state index contributed by atoms with van der Waals surface area (Å²) < 4.78 is 28.5. The number of aryl methyl sites for hydroxylation is 1. The third-order valence-electron chi connectivity index (χ3n) is 5.59. The molecule has 0 bridgehead atoms. The zero-order valence-corrected chi connectivity index (χ0v) is 21.2. The van der Waals surface area contributed by atoms with E-state index >= 15 is 0 Å². The van der Waals surface area contributed by atoms with Crippen LogP contribution in [0.15, 0.2) is 63.2 Å². The van der Waals surface area contributed by atoms with Crippen LogP contribution in [0.4, 0.5) is 5.13 Å². The van der Waals surface area contributed by atoms with E-state index in [2.05, 4.69) is 15.2 Å². The smallest absolute Gasteiger partial charge is 0.265 e. The summed E-state index contributed by atoms with van der Waals surface area (Å²) in [4.78, 5) is 17.8. The molecule has 9 nitrogen and oxygen atoms in total. The summed E-state index contributed by atoms with van der Waals surface area (Å²) in [6.45, 7) is 6.12. The van der Waals surface area contributed by atoms with Crippen LogP contribution < -0.4 is 5.56 Å². The van der Waals surface area contributed by atoms with Gasteiger partial charge in [-0.1, -0.05) is 56.4 Å². The van der Waals surface area contributed by atoms with Crippen molar-refractivity contribution in [2.75, 3.05) is 13.1 Å². The summed E-state index contributed by atoms with van der Waals surface area (Å²) in [5, 5.41) is 21.4. The largest absolute Gasteiger partial charge is 0.494 e. The Morgan fingerprint density at radius 2 is 1.77 bits per heavy atom. The molecule has 4 aromatic rings. The number of hydrogen-bond donors (Lipinski definition) is 1. The molecule has 2 aromatic carbocycles. The van der Waals surface area contributed by atoms with Crippen LogP contribution in [-0.4, -0.2) is 51.9 Å². The lowest BCUT2D eigenvalue weighted by Gasteiger charge is -2.19. The average molecular weight is 512 g/mol. The fraction of sp³-hybridized carbons (Fsp3) is 0.250. The number of fused-ring (bicyclic) bond motifs is 1. The van der Waals surface area contributed by atoms with Crippen molar-refractivity contribution in [2.24, 2.45) is 4.99 Å². The zero-order chi connectivity index (χ0) is 25.2. The van der Waals surface area contributed by atoms with Gasteiger partial charge in [-0.3, -0.25) is 4.79 Å². The summed E-state index contributed by atoms with van der Waals surface area (Å²) in [5.74, 6) is -0.352. The van der Waals surface area contributed by atoms with E-state index < -0.39 is 15.6 Å². The molecule has 2 heterocycles. The van der Waals surface area contributed by atoms with Gasteiger partial charge >= 0.3 is 0 Å². The van der Waals surface area contributed by atoms with Crippen LogP contribution in [-0.2, 0) is 16.4 Å². The van der Waals surface area contributed by atoms with Crippen LogP contribution in [0.3, 0.4) is 0 Å². The minimum absolute atomic E-state index is 0.0364. The van der Waals surface area contributed by atoms with E-state index in [-0.39, 0.29) is 16.5 Å². The highest BCUT2D eigenvalue weighted by Crippen LogP contribution is 2.28. The van der Waals surface area contributed by atoms with E-state index in [0.717, 1.165) is 16.0 Å². The van der Waals surface area contributed by atoms with Gasteiger partial charge in [0.15, 0.2) is 0 Å². The van der Waals surface area contributed by atoms with Crippen molar-refractivity contribution in [3.8, 4) is 11.6 Å². The topological polar surface area (TPSA) is 118 Å². The quantitative estimate of drug-likeness (QED) is 0.359. The first-order chi connectivity index (χ1) is 16.8. The van der Waals surface area contributed by atoms with Gasteiger partial charge in [0.2, 0.25) is 21.0 Å². The molecule has 0 saturated carbocycles. The van der Waals surface area contributed by atoms with Crippen molar-refractivity contribution in [3.05, 3.63) is 69.5 Å². The van der Waals surface area contributed by atoms with E-state index in [1.807, 2.05) is 6.92 Å². The van der Waals surface area contributed by atoms with Gasteiger partial charge in [0.1, 0.15) is 5.01 Å². The summed E-state index contributed by atoms with van der Waals surface area (Å²) in [6, 6.07) is 12.9. The SMILES string of the molecule is CCc1nnc(N=Cc2c(O)n(-c3cccc(S(=O)(=O)N(CC)CC)c3)c(=O)c3ccccc23)s1. The van der Waals surface area contributed by atoms with Crippen LogP contribution in [0.2, 0.25) is 0 Å². The van der Waals surface area contributed by atoms with Crippen molar-refractivity contribution in [1.29, 1.82) is 0 Å². The maximum Gasteiger partial charge on any atom is 0.265 e. The van der Waals surface area contributed by atoms with E-state index in [9.17, 15) is 18.3 Å². The van der Waals surface area contributed by atoms with Crippen molar-refractivity contribution in [3.63, 3.8) is 0 Å². The molecule has 0 atom stereocenters. The second-order valence-electron chi connectivity index (χ2n) is 7.60. The van der Waals surface area contributed by atoms with Crippen LogP contribution in [0.5, 0.6) is 5.88 Å². The molecule has 0 radical (unpaired) electrons. The van der Waals surface area contributed by atoms with E-state index in [4.69, 9.17) is 0 Å². The molecule has 0 saturated heterocycles. The molecular formula is C24H25N5O4S2. The Balaban J connectivity index is 1.92. The third-order valence-corrected chi connectivity index (χ3v) is 8.61. The summed E-state index contributed by atoms with van der Waals surface area (Å²) >= 11 is 1.34. The molecule has 0 spiro atoms. The molecule has 1 N–H and O–H groups in total. The Morgan fingerprint density at radius 3 is 2.43 bits per heavy atom. The lowest BCUT2D eigenvalue weighted by molar-refractivity contribution is 0.435. The van der Waals surface area contributed by atoms with Gasteiger partial charge < -0.3 is 5.11 Å². The van der Waals surface area contributed by atoms with E-state index in [0.29, 0.717) is 34.6 Å². The normalized spacial score (nSPS) is 12.2. The number of rotatable bonds is 8. The molecule has 35 heavy (non-hydrogen) atoms. The Morgan fingerprint density at radius 1 is 1.06 bits per heavy atom. The molecule has 0 fully saturated rings. The van der Waals surface area contributed by atoms with Gasteiger partial charge in [0, 0.05) is 30.1 Å². The monoisotopic (exact) mass is 511 g/mol. The fourth-order valence-electron chi connectivity index (χ4n) is 3.78. The Kier molecular flexibility index (Phi) is 7.10. The van der Waals surface area contributed by atoms with Crippen LogP contribution in [0, 0.1) is 0 Å². The first kappa shape index (κ1) is 24.7. The molecule has 2 aromatic heterocycles. The predicted molar refractivity (Wildman–Crippen MR) is 138 cm³/mol. The van der Waals surface area contributed by atoms with Gasteiger partial charge in [0.05, 0.1) is 16.1 Å².